The third-order valence-corrected chi connectivity index (χ3v) is 3.97. The topological polar surface area (TPSA) is 82.8 Å². The fourth-order valence-corrected chi connectivity index (χ4v) is 2.44. The van der Waals surface area contributed by atoms with Crippen molar-refractivity contribution in [3.8, 4) is 5.75 Å². The minimum atomic E-state index is -0.253. The number of ether oxygens (including phenoxy) is 3. The lowest BCUT2D eigenvalue weighted by atomic mass is 10.0. The lowest BCUT2D eigenvalue weighted by molar-refractivity contribution is -0.118. The normalized spacial score (nSPS) is 16.8. The van der Waals surface area contributed by atoms with Crippen molar-refractivity contribution < 1.29 is 19.0 Å². The second-order valence-corrected chi connectivity index (χ2v) is 5.74. The SMILES string of the molecule is COC(CN)CC(=O)Nc1ccc(OCC2CCOCC2)cc1. The average molecular weight is 322 g/mol. The summed E-state index contributed by atoms with van der Waals surface area (Å²) in [5.74, 6) is 1.26. The smallest absolute Gasteiger partial charge is 0.227 e. The molecule has 1 aromatic rings. The highest BCUT2D eigenvalue weighted by Crippen LogP contribution is 2.20. The van der Waals surface area contributed by atoms with Gasteiger partial charge in [0.05, 0.1) is 19.1 Å². The summed E-state index contributed by atoms with van der Waals surface area (Å²) >= 11 is 0. The zero-order valence-corrected chi connectivity index (χ0v) is 13.6. The monoisotopic (exact) mass is 322 g/mol. The van der Waals surface area contributed by atoms with Gasteiger partial charge in [0.15, 0.2) is 0 Å². The second kappa shape index (κ2) is 9.50. The van der Waals surface area contributed by atoms with Crippen LogP contribution in [0.1, 0.15) is 19.3 Å². The first-order chi connectivity index (χ1) is 11.2. The highest BCUT2D eigenvalue weighted by Gasteiger charge is 2.14. The van der Waals surface area contributed by atoms with E-state index >= 15 is 0 Å². The minimum Gasteiger partial charge on any atom is -0.493 e. The van der Waals surface area contributed by atoms with Gasteiger partial charge in [0.25, 0.3) is 0 Å². The summed E-state index contributed by atoms with van der Waals surface area (Å²) in [5, 5.41) is 2.83. The molecular formula is C17H26N2O4. The van der Waals surface area contributed by atoms with Crippen LogP contribution < -0.4 is 15.8 Å². The van der Waals surface area contributed by atoms with E-state index in [0.717, 1.165) is 37.5 Å². The van der Waals surface area contributed by atoms with Crippen molar-refractivity contribution in [2.45, 2.75) is 25.4 Å². The molecule has 0 aromatic heterocycles. The standard InChI is InChI=1S/C17H26N2O4/c1-21-16(11-18)10-17(20)19-14-2-4-15(5-3-14)23-12-13-6-8-22-9-7-13/h2-5,13,16H,6-12,18H2,1H3,(H,19,20). The first-order valence-corrected chi connectivity index (χ1v) is 8.04. The number of benzene rings is 1. The zero-order valence-electron chi connectivity index (χ0n) is 13.6. The van der Waals surface area contributed by atoms with Gasteiger partial charge in [0, 0.05) is 32.6 Å². The number of carbonyl (C=O) groups is 1. The van der Waals surface area contributed by atoms with Crippen molar-refractivity contribution in [3.63, 3.8) is 0 Å². The number of nitrogens with one attached hydrogen (secondary N) is 1. The van der Waals surface area contributed by atoms with Crippen molar-refractivity contribution in [2.75, 3.05) is 38.8 Å². The van der Waals surface area contributed by atoms with Crippen molar-refractivity contribution in [1.82, 2.24) is 0 Å². The van der Waals surface area contributed by atoms with E-state index < -0.39 is 0 Å². The summed E-state index contributed by atoms with van der Waals surface area (Å²) < 4.78 is 16.2. The van der Waals surface area contributed by atoms with E-state index in [2.05, 4.69) is 5.32 Å². The molecule has 1 aliphatic rings. The summed E-state index contributed by atoms with van der Waals surface area (Å²) in [5.41, 5.74) is 6.25. The molecule has 6 heteroatoms. The number of hydrogen-bond donors (Lipinski definition) is 2. The van der Waals surface area contributed by atoms with Gasteiger partial charge in [-0.25, -0.2) is 0 Å². The van der Waals surface area contributed by atoms with Crippen LogP contribution in [-0.2, 0) is 14.3 Å². The van der Waals surface area contributed by atoms with Crippen molar-refractivity contribution >= 4 is 11.6 Å². The molecule has 1 fully saturated rings. The third-order valence-electron chi connectivity index (χ3n) is 3.97. The van der Waals surface area contributed by atoms with E-state index in [0.29, 0.717) is 19.1 Å². The number of hydrogen-bond acceptors (Lipinski definition) is 5. The fourth-order valence-electron chi connectivity index (χ4n) is 2.44. The zero-order chi connectivity index (χ0) is 16.5. The van der Waals surface area contributed by atoms with Crippen LogP contribution in [0.4, 0.5) is 5.69 Å². The summed E-state index contributed by atoms with van der Waals surface area (Å²) in [6, 6.07) is 7.40. The molecule has 1 atom stereocenters. The Balaban J connectivity index is 1.76. The maximum atomic E-state index is 11.9. The lowest BCUT2D eigenvalue weighted by Crippen LogP contribution is -2.28. The molecular weight excluding hydrogens is 296 g/mol. The van der Waals surface area contributed by atoms with Gasteiger partial charge < -0.3 is 25.3 Å². The van der Waals surface area contributed by atoms with Crippen LogP contribution in [0.25, 0.3) is 0 Å². The summed E-state index contributed by atoms with van der Waals surface area (Å²) in [6.45, 7) is 2.68. The van der Waals surface area contributed by atoms with Crippen LogP contribution in [0.2, 0.25) is 0 Å². The molecule has 6 nitrogen and oxygen atoms in total. The van der Waals surface area contributed by atoms with Gasteiger partial charge in [0.2, 0.25) is 5.91 Å². The summed E-state index contributed by atoms with van der Waals surface area (Å²) in [7, 11) is 1.55. The largest absolute Gasteiger partial charge is 0.493 e. The van der Waals surface area contributed by atoms with Gasteiger partial charge in [-0.2, -0.15) is 0 Å². The lowest BCUT2D eigenvalue weighted by Gasteiger charge is -2.22. The average Bonchev–Trinajstić information content (AvgIpc) is 2.60. The van der Waals surface area contributed by atoms with Crippen LogP contribution >= 0.6 is 0 Å². The predicted molar refractivity (Wildman–Crippen MR) is 88.6 cm³/mol. The van der Waals surface area contributed by atoms with Crippen LogP contribution in [-0.4, -0.2) is 45.5 Å². The molecule has 1 heterocycles. The molecule has 1 saturated heterocycles. The Morgan fingerprint density at radius 1 is 1.35 bits per heavy atom. The highest BCUT2D eigenvalue weighted by atomic mass is 16.5. The van der Waals surface area contributed by atoms with Crippen molar-refractivity contribution in [2.24, 2.45) is 11.7 Å². The van der Waals surface area contributed by atoms with Gasteiger partial charge in [0.1, 0.15) is 5.75 Å². The number of anilines is 1. The number of amides is 1. The number of carbonyl (C=O) groups excluding carboxylic acids is 1. The number of methoxy groups -OCH3 is 1. The van der Waals surface area contributed by atoms with E-state index in [1.165, 1.54) is 0 Å². The fraction of sp³-hybridized carbons (Fsp3) is 0.588. The first-order valence-electron chi connectivity index (χ1n) is 8.04. The van der Waals surface area contributed by atoms with E-state index in [1.54, 1.807) is 7.11 Å². The maximum Gasteiger partial charge on any atom is 0.227 e. The third kappa shape index (κ3) is 6.17. The molecule has 1 aliphatic heterocycles. The molecule has 1 aromatic carbocycles. The van der Waals surface area contributed by atoms with E-state index in [-0.39, 0.29) is 18.4 Å². The molecule has 0 saturated carbocycles. The van der Waals surface area contributed by atoms with E-state index in [1.807, 2.05) is 24.3 Å². The molecule has 0 spiro atoms. The van der Waals surface area contributed by atoms with Crippen molar-refractivity contribution in [1.29, 1.82) is 0 Å². The summed E-state index contributed by atoms with van der Waals surface area (Å²) in [4.78, 5) is 11.9. The van der Waals surface area contributed by atoms with Gasteiger partial charge in [-0.05, 0) is 43.0 Å². The Bertz CT molecular complexity index is 468. The number of nitrogens with two attached hydrogens (primary N) is 1. The Hall–Kier alpha value is -1.63. The van der Waals surface area contributed by atoms with Gasteiger partial charge in [-0.3, -0.25) is 4.79 Å². The predicted octanol–water partition coefficient (Wildman–Crippen LogP) is 1.79. The summed E-state index contributed by atoms with van der Waals surface area (Å²) in [6.07, 6.45) is 2.10. The quantitative estimate of drug-likeness (QED) is 0.762. The van der Waals surface area contributed by atoms with Crippen LogP contribution in [0.3, 0.4) is 0 Å². The van der Waals surface area contributed by atoms with E-state index in [9.17, 15) is 4.79 Å². The second-order valence-electron chi connectivity index (χ2n) is 5.74. The molecule has 1 amide bonds. The maximum absolute atomic E-state index is 11.9. The molecule has 0 aliphatic carbocycles. The van der Waals surface area contributed by atoms with Crippen LogP contribution in [0, 0.1) is 5.92 Å². The Kier molecular flexibility index (Phi) is 7.32. The van der Waals surface area contributed by atoms with Crippen LogP contribution in [0.5, 0.6) is 5.75 Å². The Morgan fingerprint density at radius 3 is 2.65 bits per heavy atom. The number of rotatable bonds is 8. The molecule has 3 N–H and O–H groups in total. The van der Waals surface area contributed by atoms with Gasteiger partial charge in [-0.1, -0.05) is 0 Å². The van der Waals surface area contributed by atoms with Crippen molar-refractivity contribution in [3.05, 3.63) is 24.3 Å². The Labute approximate surface area is 137 Å². The minimum absolute atomic E-state index is 0.113. The molecule has 128 valence electrons. The molecule has 0 bridgehead atoms. The molecule has 0 radical (unpaired) electrons. The van der Waals surface area contributed by atoms with Gasteiger partial charge >= 0.3 is 0 Å². The highest BCUT2D eigenvalue weighted by molar-refractivity contribution is 5.91. The first kappa shape index (κ1) is 17.7. The van der Waals surface area contributed by atoms with E-state index in [4.69, 9.17) is 19.9 Å². The Morgan fingerprint density at radius 2 is 2.04 bits per heavy atom. The van der Waals surface area contributed by atoms with Crippen LogP contribution in [0.15, 0.2) is 24.3 Å². The van der Waals surface area contributed by atoms with Gasteiger partial charge in [-0.15, -0.1) is 0 Å². The molecule has 23 heavy (non-hydrogen) atoms. The molecule has 2 rings (SSSR count). The molecule has 1 unspecified atom stereocenters.